The fraction of sp³-hybridized carbons (Fsp3) is 0.529. The smallest absolute Gasteiger partial charge is 0.200 e. The number of aromatic nitrogens is 5. The maximum atomic E-state index is 5.91. The topological polar surface area (TPSA) is 72.4 Å². The van der Waals surface area contributed by atoms with Crippen LogP contribution in [0.25, 0.3) is 5.65 Å². The molecule has 1 aliphatic heterocycles. The van der Waals surface area contributed by atoms with E-state index in [1.165, 1.54) is 12.8 Å². The van der Waals surface area contributed by atoms with Crippen LogP contribution in [0.4, 0.5) is 5.69 Å². The lowest BCUT2D eigenvalue weighted by molar-refractivity contribution is 0.430. The van der Waals surface area contributed by atoms with E-state index >= 15 is 0 Å². The van der Waals surface area contributed by atoms with Crippen LogP contribution in [-0.2, 0) is 13.0 Å². The minimum Gasteiger partial charge on any atom is -0.445 e. The molecule has 0 N–H and O–H groups in total. The Kier molecular flexibility index (Phi) is 2.92. The van der Waals surface area contributed by atoms with Crippen molar-refractivity contribution in [2.45, 2.75) is 51.5 Å². The van der Waals surface area contributed by atoms with Crippen molar-refractivity contribution >= 4 is 11.3 Å². The van der Waals surface area contributed by atoms with Crippen LogP contribution >= 0.6 is 0 Å². The van der Waals surface area contributed by atoms with Crippen LogP contribution in [0, 0.1) is 0 Å². The molecule has 0 amide bonds. The Morgan fingerprint density at radius 2 is 2.17 bits per heavy atom. The average molecular weight is 324 g/mol. The van der Waals surface area contributed by atoms with E-state index in [9.17, 15) is 0 Å². The lowest BCUT2D eigenvalue weighted by Gasteiger charge is -2.27. The SMILES string of the molecule is CC(C)c1nc2c(o1)CCN(c1cc(C3CC3)nn3cnnc13)C2. The van der Waals surface area contributed by atoms with Crippen molar-refractivity contribution in [1.82, 2.24) is 24.8 Å². The summed E-state index contributed by atoms with van der Waals surface area (Å²) in [6.45, 7) is 5.87. The van der Waals surface area contributed by atoms with Gasteiger partial charge < -0.3 is 9.32 Å². The summed E-state index contributed by atoms with van der Waals surface area (Å²) >= 11 is 0. The van der Waals surface area contributed by atoms with Gasteiger partial charge in [0, 0.05) is 24.8 Å². The van der Waals surface area contributed by atoms with E-state index in [1.807, 2.05) is 0 Å². The van der Waals surface area contributed by atoms with Crippen molar-refractivity contribution in [3.05, 3.63) is 35.4 Å². The highest BCUT2D eigenvalue weighted by atomic mass is 16.4. The van der Waals surface area contributed by atoms with Gasteiger partial charge in [-0.15, -0.1) is 10.2 Å². The average Bonchev–Trinajstić information content (AvgIpc) is 3.17. The van der Waals surface area contributed by atoms with Crippen molar-refractivity contribution in [2.75, 3.05) is 11.4 Å². The number of rotatable bonds is 3. The first-order valence-corrected chi connectivity index (χ1v) is 8.63. The fourth-order valence-electron chi connectivity index (χ4n) is 3.31. The normalized spacial score (nSPS) is 17.7. The Hall–Kier alpha value is -2.44. The van der Waals surface area contributed by atoms with E-state index in [-0.39, 0.29) is 0 Å². The maximum absolute atomic E-state index is 5.91. The summed E-state index contributed by atoms with van der Waals surface area (Å²) in [6, 6.07) is 2.19. The van der Waals surface area contributed by atoms with Gasteiger partial charge in [0.15, 0.2) is 5.89 Å². The molecule has 0 radical (unpaired) electrons. The van der Waals surface area contributed by atoms with E-state index in [4.69, 9.17) is 9.40 Å². The first-order valence-electron chi connectivity index (χ1n) is 8.63. The summed E-state index contributed by atoms with van der Waals surface area (Å²) in [7, 11) is 0. The number of oxazole rings is 1. The molecule has 3 aromatic heterocycles. The van der Waals surface area contributed by atoms with Gasteiger partial charge in [-0.05, 0) is 18.9 Å². The van der Waals surface area contributed by atoms with Crippen molar-refractivity contribution in [3.8, 4) is 0 Å². The summed E-state index contributed by atoms with van der Waals surface area (Å²) in [4.78, 5) is 7.02. The van der Waals surface area contributed by atoms with Gasteiger partial charge >= 0.3 is 0 Å². The molecule has 0 unspecified atom stereocenters. The zero-order chi connectivity index (χ0) is 16.3. The van der Waals surface area contributed by atoms with Crippen LogP contribution in [-0.4, -0.2) is 31.3 Å². The van der Waals surface area contributed by atoms with Gasteiger partial charge in [0.2, 0.25) is 5.65 Å². The van der Waals surface area contributed by atoms with Gasteiger partial charge in [-0.2, -0.15) is 9.61 Å². The number of hydrogen-bond acceptors (Lipinski definition) is 6. The fourth-order valence-corrected chi connectivity index (χ4v) is 3.31. The zero-order valence-electron chi connectivity index (χ0n) is 13.9. The minimum absolute atomic E-state index is 0.314. The summed E-state index contributed by atoms with van der Waals surface area (Å²) in [6.07, 6.45) is 5.01. The van der Waals surface area contributed by atoms with Gasteiger partial charge in [0.25, 0.3) is 0 Å². The molecule has 5 rings (SSSR count). The largest absolute Gasteiger partial charge is 0.445 e. The highest BCUT2D eigenvalue weighted by Gasteiger charge is 2.29. The van der Waals surface area contributed by atoms with E-state index in [0.29, 0.717) is 11.8 Å². The lowest BCUT2D eigenvalue weighted by atomic mass is 10.1. The molecule has 0 spiro atoms. The highest BCUT2D eigenvalue weighted by molar-refractivity contribution is 5.69. The van der Waals surface area contributed by atoms with Gasteiger partial charge in [-0.3, -0.25) is 0 Å². The molecule has 124 valence electrons. The summed E-state index contributed by atoms with van der Waals surface area (Å²) in [5.74, 6) is 2.77. The number of nitrogens with zero attached hydrogens (tertiary/aromatic N) is 6. The first-order chi connectivity index (χ1) is 11.7. The minimum atomic E-state index is 0.314. The molecule has 1 aliphatic carbocycles. The summed E-state index contributed by atoms with van der Waals surface area (Å²) < 4.78 is 7.72. The van der Waals surface area contributed by atoms with Gasteiger partial charge in [-0.1, -0.05) is 13.8 Å². The van der Waals surface area contributed by atoms with Crippen LogP contribution in [0.5, 0.6) is 0 Å². The molecule has 24 heavy (non-hydrogen) atoms. The Labute approximate surface area is 139 Å². The molecule has 0 bridgehead atoms. The van der Waals surface area contributed by atoms with E-state index in [0.717, 1.165) is 53.9 Å². The van der Waals surface area contributed by atoms with E-state index < -0.39 is 0 Å². The number of fused-ring (bicyclic) bond motifs is 2. The van der Waals surface area contributed by atoms with Gasteiger partial charge in [-0.25, -0.2) is 4.98 Å². The molecule has 1 fully saturated rings. The molecule has 4 heterocycles. The van der Waals surface area contributed by atoms with Crippen molar-refractivity contribution < 1.29 is 4.42 Å². The van der Waals surface area contributed by atoms with Crippen LogP contribution in [0.15, 0.2) is 16.8 Å². The molecule has 0 saturated heterocycles. The third kappa shape index (κ3) is 2.18. The Morgan fingerprint density at radius 3 is 2.96 bits per heavy atom. The molecule has 1 saturated carbocycles. The lowest BCUT2D eigenvalue weighted by Crippen LogP contribution is -2.30. The molecule has 7 heteroatoms. The van der Waals surface area contributed by atoms with Crippen molar-refractivity contribution in [3.63, 3.8) is 0 Å². The van der Waals surface area contributed by atoms with Crippen LogP contribution in [0.1, 0.15) is 61.6 Å². The quantitative estimate of drug-likeness (QED) is 0.737. The van der Waals surface area contributed by atoms with E-state index in [1.54, 1.807) is 10.8 Å². The third-order valence-electron chi connectivity index (χ3n) is 4.84. The summed E-state index contributed by atoms with van der Waals surface area (Å²) in [5.41, 5.74) is 4.11. The van der Waals surface area contributed by atoms with Crippen molar-refractivity contribution in [1.29, 1.82) is 0 Å². The predicted octanol–water partition coefficient (Wildman–Crippen LogP) is 2.68. The number of hydrogen-bond donors (Lipinski definition) is 0. The second-order valence-electron chi connectivity index (χ2n) is 7.08. The molecule has 0 aromatic carbocycles. The second kappa shape index (κ2) is 5.03. The van der Waals surface area contributed by atoms with Crippen LogP contribution in [0.2, 0.25) is 0 Å². The monoisotopic (exact) mass is 324 g/mol. The number of anilines is 1. The molecule has 7 nitrogen and oxygen atoms in total. The Balaban J connectivity index is 1.54. The van der Waals surface area contributed by atoms with Gasteiger partial charge in [0.05, 0.1) is 17.9 Å². The molecule has 3 aromatic rings. The molecule has 0 atom stereocenters. The second-order valence-corrected chi connectivity index (χ2v) is 7.08. The highest BCUT2D eigenvalue weighted by Crippen LogP contribution is 2.40. The molecule has 2 aliphatic rings. The molecular weight excluding hydrogens is 304 g/mol. The molecular formula is C17H20N6O. The van der Waals surface area contributed by atoms with Crippen LogP contribution in [0.3, 0.4) is 0 Å². The van der Waals surface area contributed by atoms with Gasteiger partial charge in [0.1, 0.15) is 17.8 Å². The predicted molar refractivity (Wildman–Crippen MR) is 88.1 cm³/mol. The Morgan fingerprint density at radius 1 is 1.29 bits per heavy atom. The first kappa shape index (κ1) is 13.9. The standard InChI is InChI=1S/C17H20N6O/c1-10(2)17-19-13-8-22(6-5-15(13)24-17)14-7-12(11-3-4-11)21-23-9-18-20-16(14)23/h7,9-11H,3-6,8H2,1-2H3. The third-order valence-corrected chi connectivity index (χ3v) is 4.84. The van der Waals surface area contributed by atoms with Crippen molar-refractivity contribution in [2.24, 2.45) is 0 Å². The Bertz CT molecular complexity index is 907. The zero-order valence-corrected chi connectivity index (χ0v) is 13.9. The van der Waals surface area contributed by atoms with E-state index in [2.05, 4.69) is 40.1 Å². The van der Waals surface area contributed by atoms with Crippen LogP contribution < -0.4 is 4.90 Å². The summed E-state index contributed by atoms with van der Waals surface area (Å²) in [5, 5.41) is 13.0. The maximum Gasteiger partial charge on any atom is 0.200 e.